The largest absolute Gasteiger partial charge is 0.487 e. The van der Waals surface area contributed by atoms with Crippen molar-refractivity contribution in [2.45, 2.75) is 229 Å². The smallest absolute Gasteiger partial charge is 0.330 e. The van der Waals surface area contributed by atoms with Crippen LogP contribution >= 0.6 is 0 Å². The number of nitrogens with one attached hydrogen (secondary N) is 1. The van der Waals surface area contributed by atoms with E-state index in [2.05, 4.69) is 67.6 Å². The number of aliphatic hydroxyl groups is 2. The zero-order valence-corrected chi connectivity index (χ0v) is 41.4. The van der Waals surface area contributed by atoms with E-state index in [0.29, 0.717) is 47.7 Å². The molecule has 1 aromatic rings. The molecule has 0 aromatic heterocycles. The van der Waals surface area contributed by atoms with E-state index in [1.165, 1.54) is 57.8 Å². The van der Waals surface area contributed by atoms with Crippen LogP contribution in [0.5, 0.6) is 11.5 Å². The minimum Gasteiger partial charge on any atom is -0.487 e. The summed E-state index contributed by atoms with van der Waals surface area (Å²) < 4.78 is 12.9. The van der Waals surface area contributed by atoms with Gasteiger partial charge in [0.1, 0.15) is 23.6 Å². The zero-order chi connectivity index (χ0) is 45.1. The lowest BCUT2D eigenvalue weighted by Crippen LogP contribution is -2.58. The van der Waals surface area contributed by atoms with Gasteiger partial charge >= 0.3 is 5.97 Å². The Bertz CT molecular complexity index is 1690. The first-order valence-electron chi connectivity index (χ1n) is 25.9. The molecule has 0 unspecified atom stereocenters. The van der Waals surface area contributed by atoms with E-state index in [9.17, 15) is 19.8 Å². The Labute approximate surface area is 378 Å². The summed E-state index contributed by atoms with van der Waals surface area (Å²) in [6.07, 6.45) is 22.4. The number of esters is 1. The highest BCUT2D eigenvalue weighted by molar-refractivity contribution is 5.83. The molecule has 7 heteroatoms. The molecule has 352 valence electrons. The number of carbonyl (C=O) groups excluding carboxylic acids is 2. The van der Waals surface area contributed by atoms with Crippen molar-refractivity contribution in [2.24, 2.45) is 64.1 Å². The second-order valence-corrected chi connectivity index (χ2v) is 23.6. The number of carbonyl (C=O) groups is 2. The average Bonchev–Trinajstić information content (AvgIpc) is 3.57. The summed E-state index contributed by atoms with van der Waals surface area (Å²) in [5.74, 6) is 6.17. The van der Waals surface area contributed by atoms with Gasteiger partial charge in [0.25, 0.3) is 0 Å². The molecule has 13 atom stereocenters. The Balaban J connectivity index is 0.936. The maximum absolute atomic E-state index is 13.3. The molecule has 1 heterocycles. The predicted molar refractivity (Wildman–Crippen MR) is 252 cm³/mol. The highest BCUT2D eigenvalue weighted by Crippen LogP contribution is 2.68. The number of fused-ring (bicyclic) bond motifs is 6. The molecular formula is C55H91NO6. The first-order valence-corrected chi connectivity index (χ1v) is 25.9. The normalized spacial score (nSPS) is 34.3. The van der Waals surface area contributed by atoms with Crippen molar-refractivity contribution in [2.75, 3.05) is 6.54 Å². The van der Waals surface area contributed by atoms with Gasteiger partial charge in [0, 0.05) is 12.0 Å². The summed E-state index contributed by atoms with van der Waals surface area (Å²) >= 11 is 0. The molecule has 6 rings (SSSR count). The van der Waals surface area contributed by atoms with Crippen LogP contribution in [0.2, 0.25) is 0 Å². The van der Waals surface area contributed by atoms with E-state index >= 15 is 0 Å². The third-order valence-electron chi connectivity index (χ3n) is 18.7. The van der Waals surface area contributed by atoms with Crippen LogP contribution in [0.1, 0.15) is 206 Å². The Morgan fingerprint density at radius 1 is 0.758 bits per heavy atom. The molecule has 0 saturated heterocycles. The summed E-state index contributed by atoms with van der Waals surface area (Å²) in [6.45, 7) is 25.1. The minimum absolute atomic E-state index is 0.0994. The predicted octanol–water partition coefficient (Wildman–Crippen LogP) is 12.6. The van der Waals surface area contributed by atoms with Crippen LogP contribution in [0.3, 0.4) is 0 Å². The van der Waals surface area contributed by atoms with E-state index in [0.717, 1.165) is 116 Å². The third-order valence-corrected chi connectivity index (χ3v) is 18.7. The zero-order valence-electron chi connectivity index (χ0n) is 41.4. The SMILES string of the molecule is Cc1c(C)c2c(c(C)c1OC(=O)CNC(=O)CC[C@@H](C)[C@H]1CC[C@H]3[C@@H]4[C@H](O)C[C@@H]5C[C@H](O)CC[C@]5(C)[C@H]4CC[C@]13C)CC[C@](C)(CCC[C@H](C)CCC[C@H](C)CCCC(C)C)O2. The van der Waals surface area contributed by atoms with Crippen molar-refractivity contribution in [3.05, 3.63) is 22.3 Å². The number of ether oxygens (including phenoxy) is 2. The van der Waals surface area contributed by atoms with Gasteiger partial charge in [-0.15, -0.1) is 0 Å². The standard InChI is InChI=1S/C55H91NO6/c1-34(2)15-12-16-35(3)17-13-18-36(4)19-14-27-53(9)28-25-43-40(8)51(38(6)39(7)52(43)62-53)61-49(60)33-56-48(59)23-20-37(5)44-21-22-45-50-46(26-30-55(44,45)11)54(10)29-24-42(57)31-41(54)32-47(50)58/h34-37,41-42,44-47,50,57-58H,12-33H2,1-11H3,(H,56,59)/t35-,36-,37-,41+,42-,44-,45+,46+,47-,50+,53+,54+,55-/m1/s1. The van der Waals surface area contributed by atoms with E-state index in [4.69, 9.17) is 9.47 Å². The van der Waals surface area contributed by atoms with E-state index in [1.807, 2.05) is 13.8 Å². The van der Waals surface area contributed by atoms with Crippen LogP contribution in [0.4, 0.5) is 0 Å². The Kier molecular flexibility index (Phi) is 16.4. The maximum Gasteiger partial charge on any atom is 0.330 e. The molecule has 7 nitrogen and oxygen atoms in total. The second kappa shape index (κ2) is 20.6. The lowest BCUT2D eigenvalue weighted by atomic mass is 9.43. The fourth-order valence-electron chi connectivity index (χ4n) is 14.6. The van der Waals surface area contributed by atoms with Crippen LogP contribution in [0.25, 0.3) is 0 Å². The van der Waals surface area contributed by atoms with Gasteiger partial charge in [-0.05, 0) is 192 Å². The van der Waals surface area contributed by atoms with Crippen LogP contribution in [0, 0.1) is 84.9 Å². The van der Waals surface area contributed by atoms with Crippen LogP contribution < -0.4 is 14.8 Å². The Morgan fingerprint density at radius 2 is 1.40 bits per heavy atom. The molecule has 4 fully saturated rings. The van der Waals surface area contributed by atoms with Gasteiger partial charge in [-0.1, -0.05) is 93.4 Å². The first kappa shape index (κ1) is 49.3. The number of aliphatic hydroxyl groups excluding tert-OH is 2. The molecule has 3 N–H and O–H groups in total. The molecule has 1 aliphatic heterocycles. The van der Waals surface area contributed by atoms with E-state index in [-0.39, 0.29) is 41.1 Å². The van der Waals surface area contributed by atoms with Crippen molar-refractivity contribution in [3.8, 4) is 11.5 Å². The van der Waals surface area contributed by atoms with Crippen LogP contribution in [-0.4, -0.2) is 46.4 Å². The van der Waals surface area contributed by atoms with Crippen molar-refractivity contribution in [1.82, 2.24) is 5.32 Å². The Hall–Kier alpha value is -2.12. The lowest BCUT2D eigenvalue weighted by molar-refractivity contribution is -0.174. The minimum atomic E-state index is -0.439. The van der Waals surface area contributed by atoms with E-state index < -0.39 is 5.97 Å². The quantitative estimate of drug-likeness (QED) is 0.0945. The molecule has 0 bridgehead atoms. The maximum atomic E-state index is 13.3. The molecule has 4 saturated carbocycles. The monoisotopic (exact) mass is 862 g/mol. The summed E-state index contributed by atoms with van der Waals surface area (Å²) in [5, 5.41) is 25.0. The highest BCUT2D eigenvalue weighted by Gasteiger charge is 2.62. The second-order valence-electron chi connectivity index (χ2n) is 23.6. The summed E-state index contributed by atoms with van der Waals surface area (Å²) in [6, 6.07) is 0. The first-order chi connectivity index (χ1) is 29.3. The van der Waals surface area contributed by atoms with Gasteiger partial charge in [-0.2, -0.15) is 0 Å². The third kappa shape index (κ3) is 10.9. The average molecular weight is 862 g/mol. The number of hydrogen-bond donors (Lipinski definition) is 3. The molecular weight excluding hydrogens is 771 g/mol. The summed E-state index contributed by atoms with van der Waals surface area (Å²) in [5.41, 5.74) is 4.28. The van der Waals surface area contributed by atoms with E-state index in [1.54, 1.807) is 0 Å². The lowest BCUT2D eigenvalue weighted by Gasteiger charge is -2.62. The van der Waals surface area contributed by atoms with Gasteiger partial charge in [0.15, 0.2) is 0 Å². The number of rotatable bonds is 19. The van der Waals surface area contributed by atoms with Gasteiger partial charge in [0.05, 0.1) is 12.2 Å². The van der Waals surface area contributed by atoms with Gasteiger partial charge < -0.3 is 25.0 Å². The summed E-state index contributed by atoms with van der Waals surface area (Å²) in [4.78, 5) is 26.4. The fraction of sp³-hybridized carbons (Fsp3) is 0.855. The molecule has 1 amide bonds. The molecule has 5 aliphatic rings. The molecule has 62 heavy (non-hydrogen) atoms. The van der Waals surface area contributed by atoms with Crippen molar-refractivity contribution >= 4 is 11.9 Å². The van der Waals surface area contributed by atoms with Gasteiger partial charge in [-0.3, -0.25) is 4.79 Å². The Morgan fingerprint density at radius 3 is 2.10 bits per heavy atom. The van der Waals surface area contributed by atoms with Gasteiger partial charge in [-0.25, -0.2) is 4.79 Å². The molecule has 1 aromatic carbocycles. The molecule has 0 radical (unpaired) electrons. The van der Waals surface area contributed by atoms with Crippen molar-refractivity contribution in [3.63, 3.8) is 0 Å². The van der Waals surface area contributed by atoms with Gasteiger partial charge in [0.2, 0.25) is 5.91 Å². The van der Waals surface area contributed by atoms with Crippen LogP contribution in [-0.2, 0) is 16.0 Å². The highest BCUT2D eigenvalue weighted by atomic mass is 16.5. The molecule has 4 aliphatic carbocycles. The van der Waals surface area contributed by atoms with Crippen LogP contribution in [0.15, 0.2) is 0 Å². The van der Waals surface area contributed by atoms with Crippen molar-refractivity contribution < 1.29 is 29.3 Å². The topological polar surface area (TPSA) is 105 Å². The molecule has 0 spiro atoms. The summed E-state index contributed by atoms with van der Waals surface area (Å²) in [7, 11) is 0. The fourth-order valence-corrected chi connectivity index (χ4v) is 14.6. The number of hydrogen-bond acceptors (Lipinski definition) is 6. The van der Waals surface area contributed by atoms with Crippen molar-refractivity contribution in [1.29, 1.82) is 0 Å². The number of amides is 1. The number of benzene rings is 1.